The average molecular weight is 273 g/mol. The average Bonchev–Trinajstić information content (AvgIpc) is 2.55. The van der Waals surface area contributed by atoms with Gasteiger partial charge in [0.05, 0.1) is 5.69 Å². The Morgan fingerprint density at radius 3 is 2.38 bits per heavy atom. The van der Waals surface area contributed by atoms with E-state index < -0.39 is 0 Å². The van der Waals surface area contributed by atoms with Crippen molar-refractivity contribution in [3.63, 3.8) is 0 Å². The summed E-state index contributed by atoms with van der Waals surface area (Å²) < 4.78 is 0. The molecule has 21 heavy (non-hydrogen) atoms. The van der Waals surface area contributed by atoms with E-state index >= 15 is 0 Å². The summed E-state index contributed by atoms with van der Waals surface area (Å²) in [5, 5.41) is 2.49. The van der Waals surface area contributed by atoms with Gasteiger partial charge in [-0.1, -0.05) is 48.5 Å². The lowest BCUT2D eigenvalue weighted by atomic mass is 9.94. The molecule has 1 heterocycles. The van der Waals surface area contributed by atoms with Gasteiger partial charge in [-0.15, -0.1) is 0 Å². The molecule has 0 unspecified atom stereocenters. The van der Waals surface area contributed by atoms with Gasteiger partial charge in [0.2, 0.25) is 5.91 Å². The number of aryl methyl sites for hydroxylation is 1. The van der Waals surface area contributed by atoms with E-state index in [0.717, 1.165) is 17.8 Å². The molecular formula is C19H15NO. The number of hydrogen-bond donors (Lipinski definition) is 0. The van der Waals surface area contributed by atoms with Gasteiger partial charge in [-0.2, -0.15) is 0 Å². The van der Waals surface area contributed by atoms with Gasteiger partial charge >= 0.3 is 0 Å². The summed E-state index contributed by atoms with van der Waals surface area (Å²) in [4.78, 5) is 14.3. The molecule has 3 aromatic rings. The van der Waals surface area contributed by atoms with Crippen molar-refractivity contribution < 1.29 is 4.79 Å². The molecule has 0 N–H and O–H groups in total. The number of hydrogen-bond acceptors (Lipinski definition) is 1. The third-order valence-corrected chi connectivity index (χ3v) is 4.11. The van der Waals surface area contributed by atoms with E-state index in [0.29, 0.717) is 6.42 Å². The number of anilines is 2. The van der Waals surface area contributed by atoms with Gasteiger partial charge < -0.3 is 0 Å². The first-order valence-corrected chi connectivity index (χ1v) is 7.23. The standard InChI is InChI=1S/C19H15NO/c21-19-13-11-17-16-9-5-4-6-14(16)10-12-18(17)20(19)15-7-2-1-3-8-15/h1-10,12H,11,13H2. The van der Waals surface area contributed by atoms with Crippen molar-refractivity contribution in [1.29, 1.82) is 0 Å². The van der Waals surface area contributed by atoms with Gasteiger partial charge in [-0.3, -0.25) is 9.69 Å². The Bertz CT molecular complexity index is 823. The first-order valence-electron chi connectivity index (χ1n) is 7.23. The smallest absolute Gasteiger partial charge is 0.231 e. The zero-order valence-corrected chi connectivity index (χ0v) is 11.6. The minimum atomic E-state index is 0.170. The Hall–Kier alpha value is -2.61. The lowest BCUT2D eigenvalue weighted by Crippen LogP contribution is -2.30. The first-order chi connectivity index (χ1) is 10.3. The molecule has 102 valence electrons. The highest BCUT2D eigenvalue weighted by atomic mass is 16.2. The quantitative estimate of drug-likeness (QED) is 0.641. The van der Waals surface area contributed by atoms with Crippen molar-refractivity contribution in [2.75, 3.05) is 4.90 Å². The number of carbonyl (C=O) groups is 1. The molecule has 0 saturated heterocycles. The van der Waals surface area contributed by atoms with E-state index in [1.807, 2.05) is 35.2 Å². The van der Waals surface area contributed by atoms with Crippen LogP contribution in [0.15, 0.2) is 66.7 Å². The van der Waals surface area contributed by atoms with Gasteiger partial charge in [0.25, 0.3) is 0 Å². The second-order valence-corrected chi connectivity index (χ2v) is 5.35. The van der Waals surface area contributed by atoms with Crippen LogP contribution in [0.5, 0.6) is 0 Å². The molecule has 0 aromatic heterocycles. The number of carbonyl (C=O) groups excluding carboxylic acids is 1. The summed E-state index contributed by atoms with van der Waals surface area (Å²) in [6, 6.07) is 22.4. The van der Waals surface area contributed by atoms with Crippen LogP contribution in [0, 0.1) is 0 Å². The van der Waals surface area contributed by atoms with Crippen LogP contribution in [0.25, 0.3) is 10.8 Å². The zero-order chi connectivity index (χ0) is 14.2. The fraction of sp³-hybridized carbons (Fsp3) is 0.105. The Balaban J connectivity index is 1.96. The molecule has 0 spiro atoms. The minimum absolute atomic E-state index is 0.170. The Labute approximate surface area is 123 Å². The lowest BCUT2D eigenvalue weighted by molar-refractivity contribution is -0.118. The first kappa shape index (κ1) is 12.2. The maximum atomic E-state index is 12.4. The van der Waals surface area contributed by atoms with Crippen LogP contribution in [-0.2, 0) is 11.2 Å². The number of amides is 1. The van der Waals surface area contributed by atoms with Crippen molar-refractivity contribution in [2.24, 2.45) is 0 Å². The topological polar surface area (TPSA) is 20.3 Å². The van der Waals surface area contributed by atoms with Gasteiger partial charge in [0.1, 0.15) is 0 Å². The van der Waals surface area contributed by atoms with Crippen molar-refractivity contribution in [3.8, 4) is 0 Å². The molecule has 0 fully saturated rings. The molecule has 0 aliphatic carbocycles. The number of benzene rings is 3. The van der Waals surface area contributed by atoms with E-state index in [4.69, 9.17) is 0 Å². The predicted molar refractivity (Wildman–Crippen MR) is 85.9 cm³/mol. The third kappa shape index (κ3) is 1.91. The Morgan fingerprint density at radius 2 is 1.52 bits per heavy atom. The zero-order valence-electron chi connectivity index (χ0n) is 11.6. The molecule has 0 saturated carbocycles. The predicted octanol–water partition coefficient (Wildman–Crippen LogP) is 4.45. The number of nitrogens with zero attached hydrogens (tertiary/aromatic N) is 1. The van der Waals surface area contributed by atoms with Crippen LogP contribution >= 0.6 is 0 Å². The summed E-state index contributed by atoms with van der Waals surface area (Å²) in [5.74, 6) is 0.170. The largest absolute Gasteiger partial charge is 0.281 e. The highest BCUT2D eigenvalue weighted by molar-refractivity contribution is 6.06. The van der Waals surface area contributed by atoms with Gasteiger partial charge in [-0.05, 0) is 41.0 Å². The molecule has 4 rings (SSSR count). The summed E-state index contributed by atoms with van der Waals surface area (Å²) in [5.41, 5.74) is 3.24. The van der Waals surface area contributed by atoms with E-state index in [9.17, 15) is 4.79 Å². The van der Waals surface area contributed by atoms with Gasteiger partial charge in [0, 0.05) is 12.1 Å². The highest BCUT2D eigenvalue weighted by Crippen LogP contribution is 2.37. The number of para-hydroxylation sites is 1. The summed E-state index contributed by atoms with van der Waals surface area (Å²) in [6.07, 6.45) is 1.38. The maximum Gasteiger partial charge on any atom is 0.231 e. The lowest BCUT2D eigenvalue weighted by Gasteiger charge is -2.30. The van der Waals surface area contributed by atoms with Crippen LogP contribution in [-0.4, -0.2) is 5.91 Å². The molecule has 1 amide bonds. The fourth-order valence-corrected chi connectivity index (χ4v) is 3.13. The Kier molecular flexibility index (Phi) is 2.74. The summed E-state index contributed by atoms with van der Waals surface area (Å²) in [6.45, 7) is 0. The SMILES string of the molecule is O=C1CCc2c(ccc3ccccc23)N1c1ccccc1. The molecule has 0 atom stereocenters. The molecule has 3 aromatic carbocycles. The second-order valence-electron chi connectivity index (χ2n) is 5.35. The minimum Gasteiger partial charge on any atom is -0.281 e. The van der Waals surface area contributed by atoms with Crippen molar-refractivity contribution in [2.45, 2.75) is 12.8 Å². The van der Waals surface area contributed by atoms with Crippen molar-refractivity contribution >= 4 is 28.1 Å². The molecule has 1 aliphatic heterocycles. The van der Waals surface area contributed by atoms with E-state index in [-0.39, 0.29) is 5.91 Å². The highest BCUT2D eigenvalue weighted by Gasteiger charge is 2.26. The summed E-state index contributed by atoms with van der Waals surface area (Å²) in [7, 11) is 0. The van der Waals surface area contributed by atoms with Gasteiger partial charge in [-0.25, -0.2) is 0 Å². The van der Waals surface area contributed by atoms with E-state index in [1.165, 1.54) is 16.3 Å². The molecular weight excluding hydrogens is 258 g/mol. The van der Waals surface area contributed by atoms with Crippen LogP contribution in [0.3, 0.4) is 0 Å². The second kappa shape index (κ2) is 4.74. The molecule has 0 radical (unpaired) electrons. The molecule has 1 aliphatic rings. The maximum absolute atomic E-state index is 12.4. The molecule has 2 heteroatoms. The van der Waals surface area contributed by atoms with E-state index in [1.54, 1.807) is 0 Å². The van der Waals surface area contributed by atoms with Crippen LogP contribution in [0.4, 0.5) is 11.4 Å². The number of fused-ring (bicyclic) bond motifs is 3. The van der Waals surface area contributed by atoms with Gasteiger partial charge in [0.15, 0.2) is 0 Å². The van der Waals surface area contributed by atoms with Crippen LogP contribution in [0.2, 0.25) is 0 Å². The fourth-order valence-electron chi connectivity index (χ4n) is 3.13. The number of rotatable bonds is 1. The van der Waals surface area contributed by atoms with Crippen molar-refractivity contribution in [3.05, 3.63) is 72.3 Å². The van der Waals surface area contributed by atoms with Crippen LogP contribution < -0.4 is 4.90 Å². The third-order valence-electron chi connectivity index (χ3n) is 4.11. The molecule has 0 bridgehead atoms. The van der Waals surface area contributed by atoms with Crippen LogP contribution in [0.1, 0.15) is 12.0 Å². The molecule has 2 nitrogen and oxygen atoms in total. The summed E-state index contributed by atoms with van der Waals surface area (Å²) >= 11 is 0. The normalized spacial score (nSPS) is 14.3. The monoisotopic (exact) mass is 273 g/mol. The Morgan fingerprint density at radius 1 is 0.762 bits per heavy atom. The van der Waals surface area contributed by atoms with E-state index in [2.05, 4.69) is 36.4 Å². The van der Waals surface area contributed by atoms with Crippen molar-refractivity contribution in [1.82, 2.24) is 0 Å².